The first-order valence-corrected chi connectivity index (χ1v) is 6.13. The lowest BCUT2D eigenvalue weighted by Gasteiger charge is -2.09. The number of aliphatic carboxylic acids is 1. The second-order valence-corrected chi connectivity index (χ2v) is 3.99. The molecule has 0 saturated heterocycles. The number of carbonyl (C=O) groups excluding carboxylic acids is 1. The number of hydrogen-bond acceptors (Lipinski definition) is 3. The van der Waals surface area contributed by atoms with Gasteiger partial charge >= 0.3 is 5.97 Å². The molecule has 2 N–H and O–H groups in total. The van der Waals surface area contributed by atoms with Crippen LogP contribution in [-0.4, -0.2) is 30.1 Å². The van der Waals surface area contributed by atoms with Crippen LogP contribution in [0.3, 0.4) is 0 Å². The smallest absolute Gasteiger partial charge is 0.328 e. The lowest BCUT2D eigenvalue weighted by Crippen LogP contribution is -2.29. The standard InChI is InChI=1S/C14H16FNO4/c1-2-7-16-13(17)9-20-12-5-4-11(15)8-10(12)3-6-14(18)19/h3-6,8H,2,7,9H2,1H3,(H,16,17)(H,18,19)/b6-3+. The number of amides is 1. The second kappa shape index (κ2) is 7.93. The normalized spacial score (nSPS) is 10.5. The Balaban J connectivity index is 2.73. The molecule has 0 aromatic heterocycles. The van der Waals surface area contributed by atoms with E-state index in [-0.39, 0.29) is 23.8 Å². The fraction of sp³-hybridized carbons (Fsp3) is 0.286. The number of halogens is 1. The van der Waals surface area contributed by atoms with Crippen LogP contribution in [0.15, 0.2) is 24.3 Å². The first kappa shape index (κ1) is 15.7. The van der Waals surface area contributed by atoms with E-state index in [2.05, 4.69) is 5.32 Å². The Hall–Kier alpha value is -2.37. The van der Waals surface area contributed by atoms with Gasteiger partial charge in [0.25, 0.3) is 5.91 Å². The lowest BCUT2D eigenvalue weighted by atomic mass is 10.2. The molecule has 6 heteroatoms. The van der Waals surface area contributed by atoms with Gasteiger partial charge in [-0.3, -0.25) is 4.79 Å². The van der Waals surface area contributed by atoms with Crippen LogP contribution >= 0.6 is 0 Å². The predicted molar refractivity (Wildman–Crippen MR) is 71.9 cm³/mol. The molecule has 0 heterocycles. The van der Waals surface area contributed by atoms with E-state index in [9.17, 15) is 14.0 Å². The van der Waals surface area contributed by atoms with Crippen molar-refractivity contribution in [3.63, 3.8) is 0 Å². The molecule has 0 atom stereocenters. The van der Waals surface area contributed by atoms with E-state index in [0.29, 0.717) is 6.54 Å². The lowest BCUT2D eigenvalue weighted by molar-refractivity contribution is -0.131. The van der Waals surface area contributed by atoms with Crippen LogP contribution in [-0.2, 0) is 9.59 Å². The molecule has 0 spiro atoms. The minimum Gasteiger partial charge on any atom is -0.483 e. The molecule has 0 aliphatic heterocycles. The van der Waals surface area contributed by atoms with E-state index in [0.717, 1.165) is 18.6 Å². The molecule has 1 rings (SSSR count). The van der Waals surface area contributed by atoms with Crippen molar-refractivity contribution in [3.8, 4) is 5.75 Å². The molecule has 0 aliphatic rings. The molecule has 0 saturated carbocycles. The maximum atomic E-state index is 13.1. The molecule has 1 amide bonds. The fourth-order valence-electron chi connectivity index (χ4n) is 1.40. The molecular weight excluding hydrogens is 265 g/mol. The number of rotatable bonds is 7. The average Bonchev–Trinajstić information content (AvgIpc) is 2.41. The Bertz CT molecular complexity index is 514. The van der Waals surface area contributed by atoms with E-state index in [1.807, 2.05) is 6.92 Å². The molecule has 0 bridgehead atoms. The Labute approximate surface area is 116 Å². The molecular formula is C14H16FNO4. The van der Waals surface area contributed by atoms with E-state index in [1.54, 1.807) is 0 Å². The molecule has 20 heavy (non-hydrogen) atoms. The number of carbonyl (C=O) groups is 2. The van der Waals surface area contributed by atoms with Gasteiger partial charge in [-0.2, -0.15) is 0 Å². The summed E-state index contributed by atoms with van der Waals surface area (Å²) < 4.78 is 18.4. The fourth-order valence-corrected chi connectivity index (χ4v) is 1.40. The van der Waals surface area contributed by atoms with Crippen molar-refractivity contribution < 1.29 is 23.8 Å². The van der Waals surface area contributed by atoms with Gasteiger partial charge in [-0.25, -0.2) is 9.18 Å². The molecule has 0 fully saturated rings. The number of ether oxygens (including phenoxy) is 1. The molecule has 1 aromatic rings. The zero-order valence-corrected chi connectivity index (χ0v) is 11.1. The highest BCUT2D eigenvalue weighted by Gasteiger charge is 2.06. The summed E-state index contributed by atoms with van der Waals surface area (Å²) in [5, 5.41) is 11.2. The van der Waals surface area contributed by atoms with E-state index >= 15 is 0 Å². The third kappa shape index (κ3) is 5.51. The Morgan fingerprint density at radius 2 is 2.20 bits per heavy atom. The number of nitrogens with one attached hydrogen (secondary N) is 1. The Morgan fingerprint density at radius 1 is 1.45 bits per heavy atom. The maximum absolute atomic E-state index is 13.1. The number of benzene rings is 1. The van der Waals surface area contributed by atoms with Gasteiger partial charge in [0.15, 0.2) is 6.61 Å². The van der Waals surface area contributed by atoms with Crippen LogP contribution in [0.2, 0.25) is 0 Å². The highest BCUT2D eigenvalue weighted by Crippen LogP contribution is 2.21. The summed E-state index contributed by atoms with van der Waals surface area (Å²) in [4.78, 5) is 21.9. The summed E-state index contributed by atoms with van der Waals surface area (Å²) >= 11 is 0. The maximum Gasteiger partial charge on any atom is 0.328 e. The van der Waals surface area contributed by atoms with Gasteiger partial charge in [0.1, 0.15) is 11.6 Å². The van der Waals surface area contributed by atoms with E-state index < -0.39 is 11.8 Å². The van der Waals surface area contributed by atoms with Gasteiger partial charge in [0, 0.05) is 18.2 Å². The van der Waals surface area contributed by atoms with Gasteiger partial charge in [0.2, 0.25) is 0 Å². The van der Waals surface area contributed by atoms with Gasteiger partial charge in [-0.15, -0.1) is 0 Å². The summed E-state index contributed by atoms with van der Waals surface area (Å²) in [7, 11) is 0. The molecule has 108 valence electrons. The van der Waals surface area contributed by atoms with Crippen LogP contribution < -0.4 is 10.1 Å². The van der Waals surface area contributed by atoms with Crippen LogP contribution in [0.5, 0.6) is 5.75 Å². The zero-order chi connectivity index (χ0) is 15.0. The van der Waals surface area contributed by atoms with Gasteiger partial charge in [0.05, 0.1) is 0 Å². The van der Waals surface area contributed by atoms with Gasteiger partial charge in [-0.05, 0) is 30.7 Å². The summed E-state index contributed by atoms with van der Waals surface area (Å²) in [6.45, 7) is 2.27. The molecule has 5 nitrogen and oxygen atoms in total. The topological polar surface area (TPSA) is 75.6 Å². The van der Waals surface area contributed by atoms with Crippen molar-refractivity contribution in [2.75, 3.05) is 13.2 Å². The van der Waals surface area contributed by atoms with Crippen molar-refractivity contribution in [3.05, 3.63) is 35.7 Å². The third-order valence-electron chi connectivity index (χ3n) is 2.31. The monoisotopic (exact) mass is 281 g/mol. The summed E-state index contributed by atoms with van der Waals surface area (Å²) in [6, 6.07) is 3.67. The highest BCUT2D eigenvalue weighted by molar-refractivity contribution is 5.86. The largest absolute Gasteiger partial charge is 0.483 e. The SMILES string of the molecule is CCCNC(=O)COc1ccc(F)cc1/C=C/C(=O)O. The first-order valence-electron chi connectivity index (χ1n) is 6.13. The van der Waals surface area contributed by atoms with E-state index in [1.165, 1.54) is 18.2 Å². The molecule has 1 aromatic carbocycles. The van der Waals surface area contributed by atoms with Crippen LogP contribution in [0.1, 0.15) is 18.9 Å². The number of hydrogen-bond donors (Lipinski definition) is 2. The molecule has 0 unspecified atom stereocenters. The van der Waals surface area contributed by atoms with Crippen LogP contribution in [0.4, 0.5) is 4.39 Å². The van der Waals surface area contributed by atoms with Crippen LogP contribution in [0.25, 0.3) is 6.08 Å². The summed E-state index contributed by atoms with van der Waals surface area (Å²) in [5.41, 5.74) is 0.260. The molecule has 0 aliphatic carbocycles. The van der Waals surface area contributed by atoms with Crippen molar-refractivity contribution >= 4 is 18.0 Å². The van der Waals surface area contributed by atoms with Crippen molar-refractivity contribution in [1.82, 2.24) is 5.32 Å². The quantitative estimate of drug-likeness (QED) is 0.748. The zero-order valence-electron chi connectivity index (χ0n) is 11.1. The first-order chi connectivity index (χ1) is 9.52. The minimum absolute atomic E-state index is 0.209. The van der Waals surface area contributed by atoms with Crippen molar-refractivity contribution in [1.29, 1.82) is 0 Å². The van der Waals surface area contributed by atoms with Gasteiger partial charge in [-0.1, -0.05) is 6.92 Å². The average molecular weight is 281 g/mol. The number of carboxylic acids is 1. The second-order valence-electron chi connectivity index (χ2n) is 3.99. The summed E-state index contributed by atoms with van der Waals surface area (Å²) in [6.07, 6.45) is 2.90. The number of carboxylic acid groups (broad SMARTS) is 1. The third-order valence-corrected chi connectivity index (χ3v) is 2.31. The molecule has 0 radical (unpaired) electrons. The Morgan fingerprint density at radius 3 is 2.85 bits per heavy atom. The summed E-state index contributed by atoms with van der Waals surface area (Å²) in [5.74, 6) is -1.71. The highest BCUT2D eigenvalue weighted by atomic mass is 19.1. The predicted octanol–water partition coefficient (Wildman–Crippen LogP) is 1.83. The minimum atomic E-state index is -1.15. The van der Waals surface area contributed by atoms with Crippen molar-refractivity contribution in [2.45, 2.75) is 13.3 Å². The van der Waals surface area contributed by atoms with E-state index in [4.69, 9.17) is 9.84 Å². The Kier molecular flexibility index (Phi) is 6.22. The van der Waals surface area contributed by atoms with Crippen molar-refractivity contribution in [2.24, 2.45) is 0 Å². The van der Waals surface area contributed by atoms with Crippen LogP contribution in [0, 0.1) is 5.82 Å². The van der Waals surface area contributed by atoms with Gasteiger partial charge < -0.3 is 15.2 Å².